The Morgan fingerprint density at radius 2 is 1.88 bits per heavy atom. The summed E-state index contributed by atoms with van der Waals surface area (Å²) in [6.07, 6.45) is 0.954. The molecule has 2 aromatic heterocycles. The first kappa shape index (κ1) is 23.5. The van der Waals surface area contributed by atoms with E-state index in [1.807, 2.05) is 66.7 Å². The molecule has 0 aliphatic carbocycles. The summed E-state index contributed by atoms with van der Waals surface area (Å²) in [5.41, 5.74) is 2.70. The van der Waals surface area contributed by atoms with Crippen molar-refractivity contribution in [2.24, 2.45) is 5.92 Å². The highest BCUT2D eigenvalue weighted by molar-refractivity contribution is 5.56. The number of ether oxygens (including phenoxy) is 2. The lowest BCUT2D eigenvalue weighted by molar-refractivity contribution is 0.0348. The number of furan rings is 1. The molecule has 2 aromatic carbocycles. The van der Waals surface area contributed by atoms with Crippen LogP contribution in [0.15, 0.2) is 77.4 Å². The minimum absolute atomic E-state index is 0.240. The Morgan fingerprint density at radius 3 is 2.65 bits per heavy atom. The summed E-state index contributed by atoms with van der Waals surface area (Å²) < 4.78 is 18.6. The van der Waals surface area contributed by atoms with Crippen LogP contribution in [0.2, 0.25) is 0 Å². The molecule has 178 valence electrons. The molecule has 8 heteroatoms. The van der Waals surface area contributed by atoms with Crippen LogP contribution in [0.25, 0.3) is 17.3 Å². The molecular formula is C26H30N4O4. The molecule has 0 fully saturated rings. The van der Waals surface area contributed by atoms with Crippen LogP contribution in [0.5, 0.6) is 6.01 Å². The number of nitrogens with one attached hydrogen (secondary N) is 1. The Hall–Kier alpha value is -3.62. The van der Waals surface area contributed by atoms with Crippen molar-refractivity contribution in [3.8, 4) is 23.3 Å². The zero-order chi connectivity index (χ0) is 23.8. The van der Waals surface area contributed by atoms with Crippen molar-refractivity contribution < 1.29 is 19.0 Å². The number of anilines is 1. The molecular weight excluding hydrogens is 432 g/mol. The second-order valence-electron chi connectivity index (χ2n) is 8.40. The number of hydrogen-bond acceptors (Lipinski definition) is 7. The van der Waals surface area contributed by atoms with Gasteiger partial charge in [0.15, 0.2) is 5.76 Å². The molecule has 8 nitrogen and oxygen atoms in total. The predicted molar refractivity (Wildman–Crippen MR) is 130 cm³/mol. The van der Waals surface area contributed by atoms with Crippen molar-refractivity contribution in [1.82, 2.24) is 14.8 Å². The number of aromatic nitrogens is 3. The minimum Gasteiger partial charge on any atom is -0.462 e. The largest absolute Gasteiger partial charge is 0.462 e. The van der Waals surface area contributed by atoms with Gasteiger partial charge in [-0.1, -0.05) is 50.2 Å². The fourth-order valence-electron chi connectivity index (χ4n) is 3.27. The van der Waals surface area contributed by atoms with Gasteiger partial charge in [0, 0.05) is 12.2 Å². The molecule has 0 saturated heterocycles. The summed E-state index contributed by atoms with van der Waals surface area (Å²) in [6.45, 7) is 5.72. The van der Waals surface area contributed by atoms with Crippen LogP contribution in [0.3, 0.4) is 0 Å². The van der Waals surface area contributed by atoms with Crippen LogP contribution in [0, 0.1) is 5.92 Å². The van der Waals surface area contributed by atoms with Crippen LogP contribution in [-0.2, 0) is 11.3 Å². The predicted octanol–water partition coefficient (Wildman–Crippen LogP) is 4.55. The quantitative estimate of drug-likeness (QED) is 0.319. The van der Waals surface area contributed by atoms with Crippen molar-refractivity contribution in [3.63, 3.8) is 0 Å². The van der Waals surface area contributed by atoms with Gasteiger partial charge >= 0.3 is 6.01 Å². The molecule has 2 N–H and O–H groups in total. The maximum absolute atomic E-state index is 10.3. The van der Waals surface area contributed by atoms with Gasteiger partial charge in [-0.2, -0.15) is 4.98 Å². The molecule has 1 unspecified atom stereocenters. The molecule has 2 heterocycles. The molecule has 4 aromatic rings. The van der Waals surface area contributed by atoms with E-state index in [2.05, 4.69) is 29.2 Å². The van der Waals surface area contributed by atoms with Gasteiger partial charge in [0.05, 0.1) is 37.9 Å². The van der Waals surface area contributed by atoms with Gasteiger partial charge in [-0.25, -0.2) is 4.68 Å². The summed E-state index contributed by atoms with van der Waals surface area (Å²) in [6, 6.07) is 21.5. The topological polar surface area (TPSA) is 94.6 Å². The molecule has 34 heavy (non-hydrogen) atoms. The Balaban J connectivity index is 1.40. The van der Waals surface area contributed by atoms with Gasteiger partial charge in [-0.3, -0.25) is 0 Å². The van der Waals surface area contributed by atoms with Crippen molar-refractivity contribution >= 4 is 5.69 Å². The molecule has 0 aliphatic rings. The van der Waals surface area contributed by atoms with E-state index in [-0.39, 0.29) is 6.61 Å². The first-order chi connectivity index (χ1) is 16.6. The maximum Gasteiger partial charge on any atom is 0.336 e. The van der Waals surface area contributed by atoms with Gasteiger partial charge in [-0.15, -0.1) is 5.10 Å². The van der Waals surface area contributed by atoms with Gasteiger partial charge in [0.1, 0.15) is 0 Å². The van der Waals surface area contributed by atoms with Crippen molar-refractivity contribution in [2.45, 2.75) is 26.6 Å². The molecule has 0 radical (unpaired) electrons. The van der Waals surface area contributed by atoms with Crippen LogP contribution in [0.4, 0.5) is 5.69 Å². The van der Waals surface area contributed by atoms with Gasteiger partial charge < -0.3 is 24.3 Å². The minimum atomic E-state index is -0.645. The van der Waals surface area contributed by atoms with E-state index in [0.29, 0.717) is 43.3 Å². The highest BCUT2D eigenvalue weighted by Crippen LogP contribution is 2.25. The lowest BCUT2D eigenvalue weighted by Crippen LogP contribution is -2.24. The van der Waals surface area contributed by atoms with E-state index in [9.17, 15) is 5.11 Å². The fraction of sp³-hybridized carbons (Fsp3) is 0.308. The SMILES string of the molecule is CC(C)COc1nc(-c2ccco2)n(-c2cccc(NCC(O)COCc3ccccc3)c2)n1. The van der Waals surface area contributed by atoms with E-state index in [1.165, 1.54) is 0 Å². The van der Waals surface area contributed by atoms with Gasteiger partial charge in [0.25, 0.3) is 0 Å². The monoisotopic (exact) mass is 462 g/mol. The van der Waals surface area contributed by atoms with E-state index in [4.69, 9.17) is 13.9 Å². The summed E-state index contributed by atoms with van der Waals surface area (Å²) in [5.74, 6) is 1.50. The van der Waals surface area contributed by atoms with Gasteiger partial charge in [0.2, 0.25) is 5.82 Å². The third-order valence-electron chi connectivity index (χ3n) is 4.93. The smallest absolute Gasteiger partial charge is 0.336 e. The van der Waals surface area contributed by atoms with Crippen LogP contribution < -0.4 is 10.1 Å². The maximum atomic E-state index is 10.3. The van der Waals surface area contributed by atoms with Crippen molar-refractivity contribution in [3.05, 3.63) is 78.6 Å². The molecule has 0 aliphatic heterocycles. The highest BCUT2D eigenvalue weighted by Gasteiger charge is 2.17. The lowest BCUT2D eigenvalue weighted by Gasteiger charge is -2.14. The van der Waals surface area contributed by atoms with E-state index >= 15 is 0 Å². The number of hydrogen-bond donors (Lipinski definition) is 2. The summed E-state index contributed by atoms with van der Waals surface area (Å²) in [7, 11) is 0. The van der Waals surface area contributed by atoms with Crippen molar-refractivity contribution in [1.29, 1.82) is 0 Å². The van der Waals surface area contributed by atoms with Crippen LogP contribution in [-0.4, -0.2) is 45.7 Å². The normalized spacial score (nSPS) is 12.1. The van der Waals surface area contributed by atoms with E-state index < -0.39 is 6.10 Å². The van der Waals surface area contributed by atoms with Crippen LogP contribution in [0.1, 0.15) is 19.4 Å². The molecule has 0 saturated carbocycles. The fourth-order valence-corrected chi connectivity index (χ4v) is 3.27. The lowest BCUT2D eigenvalue weighted by atomic mass is 10.2. The summed E-state index contributed by atoms with van der Waals surface area (Å²) >= 11 is 0. The third-order valence-corrected chi connectivity index (χ3v) is 4.93. The summed E-state index contributed by atoms with van der Waals surface area (Å²) in [5, 5.41) is 18.1. The number of aliphatic hydroxyl groups excluding tert-OH is 1. The molecule has 0 spiro atoms. The zero-order valence-corrected chi connectivity index (χ0v) is 19.4. The Kier molecular flexibility index (Phi) is 7.95. The first-order valence-electron chi connectivity index (χ1n) is 11.4. The van der Waals surface area contributed by atoms with Crippen molar-refractivity contribution in [2.75, 3.05) is 25.1 Å². The van der Waals surface area contributed by atoms with E-state index in [1.54, 1.807) is 10.9 Å². The zero-order valence-electron chi connectivity index (χ0n) is 19.4. The Labute approximate surface area is 199 Å². The Bertz CT molecular complexity index is 1140. The number of benzene rings is 2. The third kappa shape index (κ3) is 6.46. The molecule has 1 atom stereocenters. The highest BCUT2D eigenvalue weighted by atomic mass is 16.5. The Morgan fingerprint density at radius 1 is 1.03 bits per heavy atom. The average Bonchev–Trinajstić information content (AvgIpc) is 3.52. The first-order valence-corrected chi connectivity index (χ1v) is 11.4. The number of rotatable bonds is 12. The molecule has 4 rings (SSSR count). The number of nitrogens with zero attached hydrogens (tertiary/aromatic N) is 3. The molecule has 0 amide bonds. The average molecular weight is 463 g/mol. The van der Waals surface area contributed by atoms with E-state index in [0.717, 1.165) is 16.9 Å². The summed E-state index contributed by atoms with van der Waals surface area (Å²) in [4.78, 5) is 4.52. The van der Waals surface area contributed by atoms with Gasteiger partial charge in [-0.05, 0) is 41.8 Å². The van der Waals surface area contributed by atoms with Crippen LogP contribution >= 0.6 is 0 Å². The second-order valence-corrected chi connectivity index (χ2v) is 8.40. The number of aliphatic hydroxyl groups is 1. The second kappa shape index (κ2) is 11.5. The standard InChI is InChI=1S/C26H30N4O4/c1-19(2)16-34-26-28-25(24-12-7-13-33-24)30(29-26)22-11-6-10-21(14-22)27-15-23(31)18-32-17-20-8-4-3-5-9-20/h3-14,19,23,27,31H,15-18H2,1-2H3. The molecule has 0 bridgehead atoms.